The number of Topliss-reactive ketones (excluding diaryl/α,β-unsaturated/α-hetero) is 2. The lowest BCUT2D eigenvalue weighted by atomic mass is 9.88. The fourth-order valence-electron chi connectivity index (χ4n) is 1.11. The van der Waals surface area contributed by atoms with Gasteiger partial charge in [0, 0.05) is 12.3 Å². The molecule has 0 rings (SSSR count). The lowest BCUT2D eigenvalue weighted by Crippen LogP contribution is -2.20. The molecule has 1 unspecified atom stereocenters. The summed E-state index contributed by atoms with van der Waals surface area (Å²) in [5, 5.41) is 0. The highest BCUT2D eigenvalue weighted by molar-refractivity contribution is 5.97. The van der Waals surface area contributed by atoms with Crippen LogP contribution in [0.4, 0.5) is 0 Å². The first-order valence-corrected chi connectivity index (χ1v) is 3.99. The highest BCUT2D eigenvalue weighted by Crippen LogP contribution is 2.16. The van der Waals surface area contributed by atoms with Crippen molar-refractivity contribution in [3.63, 3.8) is 0 Å². The van der Waals surface area contributed by atoms with E-state index in [1.165, 1.54) is 6.92 Å². The van der Waals surface area contributed by atoms with Crippen molar-refractivity contribution in [1.29, 1.82) is 0 Å². The maximum absolute atomic E-state index is 11.0. The molecule has 2 nitrogen and oxygen atoms in total. The zero-order chi connectivity index (χ0) is 9.72. The Morgan fingerprint density at radius 1 is 1.42 bits per heavy atom. The van der Waals surface area contributed by atoms with Crippen molar-refractivity contribution >= 4 is 11.6 Å². The number of ketones is 2. The van der Waals surface area contributed by atoms with Gasteiger partial charge in [-0.25, -0.2) is 0 Å². The maximum atomic E-state index is 11.0. The number of hydrogen-bond acceptors (Lipinski definition) is 2. The normalized spacial score (nSPS) is 12.2. The average molecular weight is 166 g/mol. The van der Waals surface area contributed by atoms with E-state index in [-0.39, 0.29) is 29.8 Å². The van der Waals surface area contributed by atoms with Crippen molar-refractivity contribution in [2.24, 2.45) is 11.8 Å². The molecule has 0 heterocycles. The second kappa shape index (κ2) is 4.71. The summed E-state index contributed by atoms with van der Waals surface area (Å²) in [6.07, 6.45) is 5.09. The smallest absolute Gasteiger partial charge is 0.205 e. The Bertz CT molecular complexity index is 220. The average Bonchev–Trinajstić information content (AvgIpc) is 1.98. The Kier molecular flexibility index (Phi) is 4.28. The Labute approximate surface area is 73.3 Å². The summed E-state index contributed by atoms with van der Waals surface area (Å²) in [6, 6.07) is 0. The van der Waals surface area contributed by atoms with Gasteiger partial charge in [-0.15, -0.1) is 6.42 Å². The SMILES string of the molecule is C#CC(=O)CC(C(C)=O)C(C)C. The first-order valence-electron chi connectivity index (χ1n) is 3.99. The Balaban J connectivity index is 4.26. The summed E-state index contributed by atoms with van der Waals surface area (Å²) in [6.45, 7) is 5.32. The Morgan fingerprint density at radius 3 is 2.17 bits per heavy atom. The molecule has 12 heavy (non-hydrogen) atoms. The second-order valence-electron chi connectivity index (χ2n) is 3.23. The van der Waals surface area contributed by atoms with Crippen molar-refractivity contribution in [3.05, 3.63) is 0 Å². The van der Waals surface area contributed by atoms with Crippen LogP contribution >= 0.6 is 0 Å². The van der Waals surface area contributed by atoms with Crippen molar-refractivity contribution in [1.82, 2.24) is 0 Å². The van der Waals surface area contributed by atoms with E-state index in [9.17, 15) is 9.59 Å². The Hall–Kier alpha value is -1.10. The topological polar surface area (TPSA) is 34.1 Å². The molecule has 0 aromatic rings. The molecule has 0 bridgehead atoms. The van der Waals surface area contributed by atoms with Gasteiger partial charge in [0.25, 0.3) is 0 Å². The van der Waals surface area contributed by atoms with Crippen LogP contribution in [0.25, 0.3) is 0 Å². The molecule has 0 amide bonds. The summed E-state index contributed by atoms with van der Waals surface area (Å²) in [4.78, 5) is 21.9. The predicted molar refractivity (Wildman–Crippen MR) is 47.5 cm³/mol. The second-order valence-corrected chi connectivity index (χ2v) is 3.23. The van der Waals surface area contributed by atoms with E-state index in [4.69, 9.17) is 6.42 Å². The van der Waals surface area contributed by atoms with E-state index in [2.05, 4.69) is 0 Å². The van der Waals surface area contributed by atoms with Crippen LogP contribution < -0.4 is 0 Å². The number of rotatable bonds is 4. The predicted octanol–water partition coefficient (Wildman–Crippen LogP) is 1.44. The summed E-state index contributed by atoms with van der Waals surface area (Å²) in [5.74, 6) is 1.73. The molecular weight excluding hydrogens is 152 g/mol. The molecule has 0 fully saturated rings. The van der Waals surface area contributed by atoms with Crippen LogP contribution in [0, 0.1) is 24.2 Å². The molecule has 0 aromatic carbocycles. The molecule has 1 atom stereocenters. The summed E-state index contributed by atoms with van der Waals surface area (Å²) < 4.78 is 0. The Morgan fingerprint density at radius 2 is 1.92 bits per heavy atom. The molecule has 0 N–H and O–H groups in total. The third kappa shape index (κ3) is 3.34. The molecule has 0 aliphatic rings. The van der Waals surface area contributed by atoms with E-state index in [1.54, 1.807) is 0 Å². The van der Waals surface area contributed by atoms with Gasteiger partial charge >= 0.3 is 0 Å². The molecule has 66 valence electrons. The molecule has 0 aliphatic heterocycles. The number of terminal acetylenes is 1. The minimum Gasteiger partial charge on any atom is -0.300 e. The van der Waals surface area contributed by atoms with Crippen molar-refractivity contribution in [2.75, 3.05) is 0 Å². The van der Waals surface area contributed by atoms with E-state index in [1.807, 2.05) is 19.8 Å². The third-order valence-corrected chi connectivity index (χ3v) is 1.89. The molecular formula is C10H14O2. The van der Waals surface area contributed by atoms with Gasteiger partial charge < -0.3 is 0 Å². The van der Waals surface area contributed by atoms with Crippen molar-refractivity contribution in [3.8, 4) is 12.3 Å². The van der Waals surface area contributed by atoms with Crippen LogP contribution in [-0.2, 0) is 9.59 Å². The lowest BCUT2D eigenvalue weighted by molar-refractivity contribution is -0.125. The van der Waals surface area contributed by atoms with E-state index in [0.29, 0.717) is 0 Å². The van der Waals surface area contributed by atoms with Crippen LogP contribution in [0.5, 0.6) is 0 Å². The van der Waals surface area contributed by atoms with Gasteiger partial charge in [-0.1, -0.05) is 13.8 Å². The molecule has 0 aliphatic carbocycles. The minimum absolute atomic E-state index is 0.0357. The highest BCUT2D eigenvalue weighted by Gasteiger charge is 2.20. The zero-order valence-corrected chi connectivity index (χ0v) is 7.76. The third-order valence-electron chi connectivity index (χ3n) is 1.89. The van der Waals surface area contributed by atoms with Crippen molar-refractivity contribution < 1.29 is 9.59 Å². The maximum Gasteiger partial charge on any atom is 0.205 e. The first kappa shape index (κ1) is 10.9. The van der Waals surface area contributed by atoms with Crippen LogP contribution in [0.2, 0.25) is 0 Å². The van der Waals surface area contributed by atoms with Gasteiger partial charge in [0.1, 0.15) is 5.78 Å². The first-order chi connectivity index (χ1) is 5.49. The number of hydrogen-bond donors (Lipinski definition) is 0. The van der Waals surface area contributed by atoms with Crippen LogP contribution in [-0.4, -0.2) is 11.6 Å². The lowest BCUT2D eigenvalue weighted by Gasteiger charge is -2.14. The molecule has 0 saturated carbocycles. The summed E-state index contributed by atoms with van der Waals surface area (Å²) in [5.41, 5.74) is 0. The fraction of sp³-hybridized carbons (Fsp3) is 0.600. The van der Waals surface area contributed by atoms with Gasteiger partial charge in [0.2, 0.25) is 5.78 Å². The van der Waals surface area contributed by atoms with Crippen LogP contribution in [0.1, 0.15) is 27.2 Å². The van der Waals surface area contributed by atoms with E-state index >= 15 is 0 Å². The van der Waals surface area contributed by atoms with Gasteiger partial charge in [-0.2, -0.15) is 0 Å². The molecule has 0 aromatic heterocycles. The quantitative estimate of drug-likeness (QED) is 0.468. The molecule has 0 spiro atoms. The summed E-state index contributed by atoms with van der Waals surface area (Å²) in [7, 11) is 0. The number of carbonyl (C=O) groups is 2. The van der Waals surface area contributed by atoms with E-state index in [0.717, 1.165) is 0 Å². The van der Waals surface area contributed by atoms with Gasteiger partial charge in [0.05, 0.1) is 0 Å². The van der Waals surface area contributed by atoms with Gasteiger partial charge in [0.15, 0.2) is 0 Å². The standard InChI is InChI=1S/C10H14O2/c1-5-9(12)6-10(7(2)3)8(4)11/h1,7,10H,6H2,2-4H3. The van der Waals surface area contributed by atoms with Crippen molar-refractivity contribution in [2.45, 2.75) is 27.2 Å². The fourth-order valence-corrected chi connectivity index (χ4v) is 1.11. The largest absolute Gasteiger partial charge is 0.300 e. The van der Waals surface area contributed by atoms with Gasteiger partial charge in [-0.3, -0.25) is 9.59 Å². The molecule has 0 saturated heterocycles. The summed E-state index contributed by atoms with van der Waals surface area (Å²) >= 11 is 0. The molecule has 2 heteroatoms. The van der Waals surface area contributed by atoms with E-state index < -0.39 is 0 Å². The van der Waals surface area contributed by atoms with Crippen LogP contribution in [0.3, 0.4) is 0 Å². The highest BCUT2D eigenvalue weighted by atomic mass is 16.1. The minimum atomic E-state index is -0.288. The van der Waals surface area contributed by atoms with Crippen LogP contribution in [0.15, 0.2) is 0 Å². The zero-order valence-electron chi connectivity index (χ0n) is 7.76. The molecule has 0 radical (unpaired) electrons. The number of carbonyl (C=O) groups excluding carboxylic acids is 2. The monoisotopic (exact) mass is 166 g/mol. The van der Waals surface area contributed by atoms with Gasteiger partial charge in [-0.05, 0) is 18.8 Å².